The Hall–Kier alpha value is -2.30. The summed E-state index contributed by atoms with van der Waals surface area (Å²) in [6, 6.07) is 9.49. The number of benzene rings is 1. The lowest BCUT2D eigenvalue weighted by molar-refractivity contribution is -0.117. The largest absolute Gasteiger partial charge is 0.508 e. The molecule has 2 fully saturated rings. The van der Waals surface area contributed by atoms with Gasteiger partial charge in [0.05, 0.1) is 12.2 Å². The highest BCUT2D eigenvalue weighted by atomic mass is 16.3. The number of nitrogens with one attached hydrogen (secondary N) is 1. The Morgan fingerprint density at radius 3 is 2.91 bits per heavy atom. The minimum atomic E-state index is -0.00783. The number of hydrogen-bond donors (Lipinski definition) is 2. The summed E-state index contributed by atoms with van der Waals surface area (Å²) in [6.45, 7) is 0. The van der Waals surface area contributed by atoms with Crippen LogP contribution in [0.2, 0.25) is 0 Å². The van der Waals surface area contributed by atoms with Gasteiger partial charge in [0.25, 0.3) is 0 Å². The maximum absolute atomic E-state index is 12.4. The second-order valence-electron chi connectivity index (χ2n) is 6.28. The molecule has 2 atom stereocenters. The van der Waals surface area contributed by atoms with E-state index in [0.29, 0.717) is 6.04 Å². The molecule has 1 heterocycles. The fourth-order valence-electron chi connectivity index (χ4n) is 3.16. The van der Waals surface area contributed by atoms with Crippen LogP contribution in [0.25, 0.3) is 0 Å². The molecule has 4 rings (SSSR count). The van der Waals surface area contributed by atoms with Crippen LogP contribution in [-0.2, 0) is 4.79 Å². The molecular formula is C17H19N3O2. The number of phenols is 1. The number of phenolic OH excluding ortho intramolecular Hbond substituents is 1. The molecule has 1 amide bonds. The van der Waals surface area contributed by atoms with Crippen molar-refractivity contribution in [3.63, 3.8) is 0 Å². The fourth-order valence-corrected chi connectivity index (χ4v) is 3.16. The van der Waals surface area contributed by atoms with Gasteiger partial charge in [-0.05, 0) is 49.3 Å². The van der Waals surface area contributed by atoms with Gasteiger partial charge < -0.3 is 10.4 Å². The zero-order chi connectivity index (χ0) is 15.1. The monoisotopic (exact) mass is 297 g/mol. The summed E-state index contributed by atoms with van der Waals surface area (Å²) in [5.41, 5.74) is 1.03. The molecule has 1 aromatic heterocycles. The van der Waals surface area contributed by atoms with E-state index in [1.807, 2.05) is 22.9 Å². The smallest absolute Gasteiger partial charge is 0.229 e. The minimum Gasteiger partial charge on any atom is -0.508 e. The topological polar surface area (TPSA) is 67.2 Å². The molecule has 0 aliphatic heterocycles. The zero-order valence-electron chi connectivity index (χ0n) is 12.3. The Morgan fingerprint density at radius 2 is 2.18 bits per heavy atom. The molecule has 2 aliphatic carbocycles. The summed E-state index contributed by atoms with van der Waals surface area (Å²) in [5.74, 6) is 1.32. The predicted octanol–water partition coefficient (Wildman–Crippen LogP) is 3.06. The number of rotatable bonds is 4. The summed E-state index contributed by atoms with van der Waals surface area (Å²) < 4.78 is 1.94. The first kappa shape index (κ1) is 13.4. The summed E-state index contributed by atoms with van der Waals surface area (Å²) in [6.07, 6.45) is 6.10. The molecule has 0 unspecified atom stereocenters. The van der Waals surface area contributed by atoms with Gasteiger partial charge in [-0.1, -0.05) is 12.1 Å². The Labute approximate surface area is 129 Å². The minimum absolute atomic E-state index is 0.00783. The van der Waals surface area contributed by atoms with Gasteiger partial charge in [0.2, 0.25) is 5.91 Å². The van der Waals surface area contributed by atoms with Gasteiger partial charge in [-0.3, -0.25) is 4.79 Å². The number of amides is 1. The molecule has 2 aliphatic rings. The van der Waals surface area contributed by atoms with Crippen molar-refractivity contribution in [2.75, 3.05) is 5.32 Å². The number of aromatic hydroxyl groups is 1. The Bertz CT molecular complexity index is 705. The molecule has 2 saturated carbocycles. The molecular weight excluding hydrogens is 278 g/mol. The molecule has 0 saturated heterocycles. The highest BCUT2D eigenvalue weighted by Gasteiger charge is 2.44. The van der Waals surface area contributed by atoms with E-state index in [4.69, 9.17) is 0 Å². The SMILES string of the molecule is O=C(Nc1ccnn1C1CCC1)[C@H]1C[C@@H]1c1cccc(O)c1. The summed E-state index contributed by atoms with van der Waals surface area (Å²) >= 11 is 0. The first-order chi connectivity index (χ1) is 10.7. The van der Waals surface area contributed by atoms with Crippen LogP contribution in [-0.4, -0.2) is 20.8 Å². The van der Waals surface area contributed by atoms with E-state index in [2.05, 4.69) is 10.4 Å². The van der Waals surface area contributed by atoms with E-state index < -0.39 is 0 Å². The lowest BCUT2D eigenvalue weighted by atomic mass is 9.93. The van der Waals surface area contributed by atoms with Crippen LogP contribution in [0, 0.1) is 5.92 Å². The number of aromatic nitrogens is 2. The van der Waals surface area contributed by atoms with Crippen LogP contribution in [0.4, 0.5) is 5.82 Å². The van der Waals surface area contributed by atoms with Gasteiger partial charge in [-0.2, -0.15) is 5.10 Å². The number of anilines is 1. The Balaban J connectivity index is 1.43. The molecule has 0 radical (unpaired) electrons. The van der Waals surface area contributed by atoms with E-state index in [9.17, 15) is 9.90 Å². The van der Waals surface area contributed by atoms with Gasteiger partial charge in [0.1, 0.15) is 11.6 Å². The van der Waals surface area contributed by atoms with Crippen LogP contribution >= 0.6 is 0 Å². The van der Waals surface area contributed by atoms with Crippen LogP contribution < -0.4 is 5.32 Å². The van der Waals surface area contributed by atoms with Crippen molar-refractivity contribution in [1.82, 2.24) is 9.78 Å². The predicted molar refractivity (Wildman–Crippen MR) is 82.7 cm³/mol. The molecule has 5 nitrogen and oxygen atoms in total. The molecule has 114 valence electrons. The zero-order valence-corrected chi connectivity index (χ0v) is 12.3. The van der Waals surface area contributed by atoms with Crippen molar-refractivity contribution in [3.05, 3.63) is 42.1 Å². The highest BCUT2D eigenvalue weighted by Crippen LogP contribution is 2.48. The van der Waals surface area contributed by atoms with Gasteiger partial charge in [-0.25, -0.2) is 4.68 Å². The average Bonchev–Trinajstić information content (AvgIpc) is 3.14. The number of hydrogen-bond acceptors (Lipinski definition) is 3. The van der Waals surface area contributed by atoms with Crippen LogP contribution in [0.15, 0.2) is 36.5 Å². The summed E-state index contributed by atoms with van der Waals surface area (Å²) in [7, 11) is 0. The Kier molecular flexibility index (Phi) is 3.13. The van der Waals surface area contributed by atoms with Crippen molar-refractivity contribution in [1.29, 1.82) is 0 Å². The molecule has 2 aromatic rings. The van der Waals surface area contributed by atoms with E-state index in [1.54, 1.807) is 18.3 Å². The maximum Gasteiger partial charge on any atom is 0.229 e. The Morgan fingerprint density at radius 1 is 1.32 bits per heavy atom. The molecule has 1 aromatic carbocycles. The molecule has 5 heteroatoms. The van der Waals surface area contributed by atoms with E-state index in [0.717, 1.165) is 30.6 Å². The quantitative estimate of drug-likeness (QED) is 0.911. The van der Waals surface area contributed by atoms with Gasteiger partial charge in [0, 0.05) is 12.0 Å². The fraction of sp³-hybridized carbons (Fsp3) is 0.412. The average molecular weight is 297 g/mol. The molecule has 0 bridgehead atoms. The standard InChI is InChI=1S/C17H19N3O2/c21-13-6-1-3-11(9-13)14-10-15(14)17(22)19-16-7-8-18-20(16)12-4-2-5-12/h1,3,6-9,12,14-15,21H,2,4-5,10H2,(H,19,22)/t14-,15+/m1/s1. The summed E-state index contributed by atoms with van der Waals surface area (Å²) in [4.78, 5) is 12.4. The van der Waals surface area contributed by atoms with Crippen LogP contribution in [0.3, 0.4) is 0 Å². The first-order valence-electron chi connectivity index (χ1n) is 7.85. The van der Waals surface area contributed by atoms with E-state index in [1.165, 1.54) is 6.42 Å². The third-order valence-corrected chi connectivity index (χ3v) is 4.77. The maximum atomic E-state index is 12.4. The third kappa shape index (κ3) is 2.36. The van der Waals surface area contributed by atoms with Gasteiger partial charge in [0.15, 0.2) is 0 Å². The lowest BCUT2D eigenvalue weighted by Crippen LogP contribution is -2.23. The van der Waals surface area contributed by atoms with Crippen LogP contribution in [0.1, 0.15) is 43.2 Å². The van der Waals surface area contributed by atoms with Crippen molar-refractivity contribution in [2.45, 2.75) is 37.6 Å². The van der Waals surface area contributed by atoms with Gasteiger partial charge >= 0.3 is 0 Å². The molecule has 22 heavy (non-hydrogen) atoms. The second kappa shape index (κ2) is 5.16. The summed E-state index contributed by atoms with van der Waals surface area (Å²) in [5, 5.41) is 16.9. The molecule has 0 spiro atoms. The van der Waals surface area contributed by atoms with Gasteiger partial charge in [-0.15, -0.1) is 0 Å². The van der Waals surface area contributed by atoms with Crippen molar-refractivity contribution in [2.24, 2.45) is 5.92 Å². The molecule has 2 N–H and O–H groups in total. The number of carbonyl (C=O) groups is 1. The lowest BCUT2D eigenvalue weighted by Gasteiger charge is -2.27. The van der Waals surface area contributed by atoms with Crippen molar-refractivity contribution < 1.29 is 9.90 Å². The van der Waals surface area contributed by atoms with E-state index >= 15 is 0 Å². The van der Waals surface area contributed by atoms with E-state index in [-0.39, 0.29) is 23.5 Å². The number of nitrogens with zero attached hydrogens (tertiary/aromatic N) is 2. The highest BCUT2D eigenvalue weighted by molar-refractivity contribution is 5.94. The van der Waals surface area contributed by atoms with Crippen molar-refractivity contribution in [3.8, 4) is 5.75 Å². The third-order valence-electron chi connectivity index (χ3n) is 4.77. The first-order valence-corrected chi connectivity index (χ1v) is 7.85. The van der Waals surface area contributed by atoms with Crippen LogP contribution in [0.5, 0.6) is 5.75 Å². The normalized spacial score (nSPS) is 23.8. The second-order valence-corrected chi connectivity index (χ2v) is 6.28. The van der Waals surface area contributed by atoms with Crippen molar-refractivity contribution >= 4 is 11.7 Å². The number of carbonyl (C=O) groups excluding carboxylic acids is 1.